The molecule has 1 saturated carbocycles. The molecular weight excluding hydrogens is 630 g/mol. The van der Waals surface area contributed by atoms with Crippen molar-refractivity contribution in [1.82, 2.24) is 4.90 Å². The van der Waals surface area contributed by atoms with Gasteiger partial charge in [-0.15, -0.1) is 0 Å². The molecule has 0 amide bonds. The van der Waals surface area contributed by atoms with Gasteiger partial charge in [-0.05, 0) is 52.0 Å². The number of esters is 1. The zero-order chi connectivity index (χ0) is 36.1. The van der Waals surface area contributed by atoms with Crippen LogP contribution in [0.3, 0.4) is 0 Å². The molecule has 4 heterocycles. The molecule has 0 radical (unpaired) electrons. The first-order valence-corrected chi connectivity index (χ1v) is 17.4. The lowest BCUT2D eigenvalue weighted by molar-refractivity contribution is -0.137. The summed E-state index contributed by atoms with van der Waals surface area (Å²) in [6.07, 6.45) is 8.69. The standard InChI is InChI=1S/C10H10O2.C8H16O2.C7H15NO2.C7H10O3.C6H12O/c1-7-8-5-3-4-6-9(8)10(11-2)12-7;1-8(2)5-4-7(10-8)6-9-3;1-9-5-2-8-3-6-10-7-4-8;1-5-3-7(8)10-6(5)4-9-2;1-7-6-4-2-3-5-6/h3-6,10H,1H2,2H3;7H,4-6H2,1-3H3;2-7H2,1H3;3-4H2,1-2H3;6H,2-5H2,1H3. The van der Waals surface area contributed by atoms with Crippen LogP contribution in [-0.4, -0.2) is 117 Å². The summed E-state index contributed by atoms with van der Waals surface area (Å²) >= 11 is 0. The molecule has 11 nitrogen and oxygen atoms in total. The summed E-state index contributed by atoms with van der Waals surface area (Å²) in [6, 6.07) is 7.90. The summed E-state index contributed by atoms with van der Waals surface area (Å²) in [5.74, 6) is 1.19. The van der Waals surface area contributed by atoms with Gasteiger partial charge in [0.25, 0.3) is 0 Å². The van der Waals surface area contributed by atoms with Crippen molar-refractivity contribution in [2.45, 2.75) is 89.8 Å². The molecule has 1 aromatic carbocycles. The SMILES string of the molecule is C=C1OC(OC)c2ccccc21.COC1CCCC1.COCC1=C(C)CC(=O)O1.COCC1CCC(C)(C)O1.COCCN1CCOCC1. The minimum Gasteiger partial charge on any atom is -0.461 e. The highest BCUT2D eigenvalue weighted by atomic mass is 16.7. The predicted molar refractivity (Wildman–Crippen MR) is 190 cm³/mol. The molecule has 2 saturated heterocycles. The average Bonchev–Trinajstić information content (AvgIpc) is 3.89. The van der Waals surface area contributed by atoms with Gasteiger partial charge in [0, 0.05) is 66.3 Å². The van der Waals surface area contributed by atoms with Crippen LogP contribution in [0.15, 0.2) is 42.2 Å². The molecule has 0 N–H and O–H groups in total. The summed E-state index contributed by atoms with van der Waals surface area (Å²) in [4.78, 5) is 13.0. The summed E-state index contributed by atoms with van der Waals surface area (Å²) in [6.45, 7) is 16.8. The first-order chi connectivity index (χ1) is 23.6. The lowest BCUT2D eigenvalue weighted by Gasteiger charge is -2.25. The largest absolute Gasteiger partial charge is 0.461 e. The number of ether oxygens (including phenoxy) is 9. The van der Waals surface area contributed by atoms with Crippen LogP contribution in [0.1, 0.15) is 83.1 Å². The topological polar surface area (TPSA) is 103 Å². The zero-order valence-corrected chi connectivity index (χ0v) is 31.4. The van der Waals surface area contributed by atoms with Crippen LogP contribution >= 0.6 is 0 Å². The second-order valence-corrected chi connectivity index (χ2v) is 13.1. The number of fused-ring (bicyclic) bond motifs is 1. The maximum absolute atomic E-state index is 10.6. The first kappa shape index (κ1) is 42.8. The maximum atomic E-state index is 10.6. The van der Waals surface area contributed by atoms with Crippen molar-refractivity contribution in [2.24, 2.45) is 0 Å². The Hall–Kier alpha value is -2.35. The second-order valence-electron chi connectivity index (χ2n) is 13.1. The van der Waals surface area contributed by atoms with Gasteiger partial charge in [0.15, 0.2) is 0 Å². The van der Waals surface area contributed by atoms with Crippen molar-refractivity contribution in [1.29, 1.82) is 0 Å². The molecule has 280 valence electrons. The minimum absolute atomic E-state index is 0.0865. The van der Waals surface area contributed by atoms with E-state index < -0.39 is 0 Å². The molecule has 4 aliphatic heterocycles. The van der Waals surface area contributed by atoms with Crippen molar-refractivity contribution in [3.63, 3.8) is 0 Å². The van der Waals surface area contributed by atoms with Crippen LogP contribution < -0.4 is 0 Å². The van der Waals surface area contributed by atoms with Gasteiger partial charge < -0.3 is 42.6 Å². The molecule has 2 atom stereocenters. The Morgan fingerprint density at radius 2 is 1.63 bits per heavy atom. The average molecular weight is 694 g/mol. The number of methoxy groups -OCH3 is 5. The van der Waals surface area contributed by atoms with Crippen molar-refractivity contribution in [2.75, 3.05) is 88.2 Å². The zero-order valence-electron chi connectivity index (χ0n) is 31.4. The van der Waals surface area contributed by atoms with E-state index >= 15 is 0 Å². The summed E-state index contributed by atoms with van der Waals surface area (Å²) in [5, 5.41) is 0. The number of carbonyl (C=O) groups is 1. The third-order valence-electron chi connectivity index (χ3n) is 8.63. The number of hydrogen-bond acceptors (Lipinski definition) is 11. The van der Waals surface area contributed by atoms with Crippen LogP contribution in [0.4, 0.5) is 0 Å². The van der Waals surface area contributed by atoms with Gasteiger partial charge in [0.05, 0.1) is 50.7 Å². The van der Waals surface area contributed by atoms with E-state index in [2.05, 4.69) is 25.3 Å². The summed E-state index contributed by atoms with van der Waals surface area (Å²) in [5.41, 5.74) is 3.17. The van der Waals surface area contributed by atoms with E-state index in [1.54, 1.807) is 35.5 Å². The van der Waals surface area contributed by atoms with Crippen molar-refractivity contribution < 1.29 is 47.4 Å². The fraction of sp³-hybridized carbons (Fsp3) is 0.711. The van der Waals surface area contributed by atoms with Crippen LogP contribution in [0.2, 0.25) is 0 Å². The van der Waals surface area contributed by atoms with E-state index in [1.165, 1.54) is 25.7 Å². The lowest BCUT2D eigenvalue weighted by Crippen LogP contribution is -2.38. The van der Waals surface area contributed by atoms with Gasteiger partial charge in [-0.25, -0.2) is 0 Å². The van der Waals surface area contributed by atoms with Gasteiger partial charge in [-0.2, -0.15) is 0 Å². The Labute approximate surface area is 295 Å². The van der Waals surface area contributed by atoms with E-state index in [0.717, 1.165) is 75.6 Å². The number of morpholine rings is 1. The molecule has 11 heteroatoms. The van der Waals surface area contributed by atoms with E-state index in [9.17, 15) is 4.79 Å². The number of benzene rings is 1. The quantitative estimate of drug-likeness (QED) is 0.272. The highest BCUT2D eigenvalue weighted by Crippen LogP contribution is 2.37. The summed E-state index contributed by atoms with van der Waals surface area (Å²) < 4.78 is 46.1. The first-order valence-electron chi connectivity index (χ1n) is 17.4. The van der Waals surface area contributed by atoms with E-state index in [-0.39, 0.29) is 17.9 Å². The molecule has 0 aromatic heterocycles. The van der Waals surface area contributed by atoms with Gasteiger partial charge in [0.2, 0.25) is 6.29 Å². The highest BCUT2D eigenvalue weighted by molar-refractivity contribution is 5.76. The van der Waals surface area contributed by atoms with Gasteiger partial charge >= 0.3 is 5.97 Å². The third kappa shape index (κ3) is 16.5. The Bertz CT molecular complexity index is 1110. The van der Waals surface area contributed by atoms with Crippen molar-refractivity contribution >= 4 is 11.7 Å². The fourth-order valence-electron chi connectivity index (χ4n) is 5.80. The van der Waals surface area contributed by atoms with E-state index in [4.69, 9.17) is 42.6 Å². The van der Waals surface area contributed by atoms with E-state index in [1.807, 2.05) is 31.2 Å². The predicted octanol–water partition coefficient (Wildman–Crippen LogP) is 6.32. The Balaban J connectivity index is 0.000000215. The number of cyclic esters (lactones) is 1. The summed E-state index contributed by atoms with van der Waals surface area (Å²) in [7, 11) is 8.46. The van der Waals surface area contributed by atoms with Crippen molar-refractivity contribution in [3.8, 4) is 0 Å². The Morgan fingerprint density at radius 1 is 0.939 bits per heavy atom. The van der Waals surface area contributed by atoms with Crippen LogP contribution in [0.5, 0.6) is 0 Å². The monoisotopic (exact) mass is 693 g/mol. The second kappa shape index (κ2) is 23.9. The molecule has 3 fully saturated rings. The van der Waals surface area contributed by atoms with Crippen LogP contribution in [-0.2, 0) is 47.4 Å². The number of carbonyl (C=O) groups excluding carboxylic acids is 1. The number of hydrogen-bond donors (Lipinski definition) is 0. The van der Waals surface area contributed by atoms with Crippen LogP contribution in [0, 0.1) is 0 Å². The number of rotatable bonds is 9. The fourth-order valence-corrected chi connectivity index (χ4v) is 5.80. The molecule has 49 heavy (non-hydrogen) atoms. The van der Waals surface area contributed by atoms with E-state index in [0.29, 0.717) is 36.8 Å². The highest BCUT2D eigenvalue weighted by Gasteiger charge is 2.31. The molecule has 0 bridgehead atoms. The molecule has 6 rings (SSSR count). The Morgan fingerprint density at radius 3 is 2.14 bits per heavy atom. The van der Waals surface area contributed by atoms with Gasteiger partial charge in [-0.1, -0.05) is 43.7 Å². The molecule has 1 aromatic rings. The normalized spacial score (nSPS) is 22.7. The minimum atomic E-state index is -0.270. The molecular formula is C38H63NO10. The maximum Gasteiger partial charge on any atom is 0.315 e. The third-order valence-corrected chi connectivity index (χ3v) is 8.63. The number of nitrogens with zero attached hydrogens (tertiary/aromatic N) is 1. The Kier molecular flexibility index (Phi) is 20.9. The van der Waals surface area contributed by atoms with Crippen molar-refractivity contribution in [3.05, 3.63) is 53.3 Å². The molecule has 0 spiro atoms. The molecule has 1 aliphatic carbocycles. The molecule has 5 aliphatic rings. The lowest BCUT2D eigenvalue weighted by atomic mass is 10.1. The smallest absolute Gasteiger partial charge is 0.315 e. The van der Waals surface area contributed by atoms with Crippen LogP contribution in [0.25, 0.3) is 5.76 Å². The molecule has 2 unspecified atom stereocenters. The van der Waals surface area contributed by atoms with Gasteiger partial charge in [-0.3, -0.25) is 9.69 Å². The van der Waals surface area contributed by atoms with Gasteiger partial charge in [0.1, 0.15) is 18.1 Å².